The molecule has 1 saturated heterocycles. The minimum Gasteiger partial charge on any atom is -0.339 e. The first-order valence-corrected chi connectivity index (χ1v) is 7.80. The molecule has 1 heterocycles. The zero-order valence-corrected chi connectivity index (χ0v) is 13.6. The van der Waals surface area contributed by atoms with Crippen LogP contribution < -0.4 is 0 Å². The van der Waals surface area contributed by atoms with Gasteiger partial charge in [0.1, 0.15) is 0 Å². The van der Waals surface area contributed by atoms with E-state index in [1.807, 2.05) is 0 Å². The number of carbonyl (C=O) groups excluding carboxylic acids is 1. The Morgan fingerprint density at radius 2 is 1.85 bits per heavy atom. The molecule has 0 bridgehead atoms. The number of likely N-dealkylation sites (tertiary alicyclic amines) is 1. The molecule has 0 radical (unpaired) electrons. The molecule has 110 valence electrons. The summed E-state index contributed by atoms with van der Waals surface area (Å²) in [5.74, 6) is -0.345. The third-order valence-corrected chi connectivity index (χ3v) is 4.84. The minimum atomic E-state index is -4.47. The highest BCUT2D eigenvalue weighted by Crippen LogP contribution is 2.35. The van der Waals surface area contributed by atoms with E-state index >= 15 is 0 Å². The molecule has 2 nitrogen and oxygen atoms in total. The Balaban J connectivity index is 2.23. The van der Waals surface area contributed by atoms with Crippen LogP contribution in [0, 0.1) is 0 Å². The Kier molecular flexibility index (Phi) is 4.79. The van der Waals surface area contributed by atoms with E-state index in [0.29, 0.717) is 17.9 Å². The maximum atomic E-state index is 12.8. The number of nitrogens with zero attached hydrogens (tertiary/aromatic N) is 1. The van der Waals surface area contributed by atoms with E-state index in [1.54, 1.807) is 4.90 Å². The second kappa shape index (κ2) is 6.05. The summed E-state index contributed by atoms with van der Waals surface area (Å²) in [6, 6.07) is 3.60. The summed E-state index contributed by atoms with van der Waals surface area (Å²) in [5.41, 5.74) is -0.743. The number of rotatable bonds is 1. The standard InChI is InChI=1S/C13H12Br2F3NO/c14-9-3-5-19(6-4-9)12(20)8-1-2-11(15)10(7-8)13(16,17)18/h1-2,7,9H,3-6H2. The van der Waals surface area contributed by atoms with E-state index in [-0.39, 0.29) is 15.9 Å². The normalized spacial score (nSPS) is 17.4. The van der Waals surface area contributed by atoms with Gasteiger partial charge in [-0.2, -0.15) is 13.2 Å². The Morgan fingerprint density at radius 1 is 1.25 bits per heavy atom. The molecule has 20 heavy (non-hydrogen) atoms. The summed E-state index contributed by atoms with van der Waals surface area (Å²) in [6.45, 7) is 1.12. The molecule has 0 atom stereocenters. The largest absolute Gasteiger partial charge is 0.417 e. The van der Waals surface area contributed by atoms with Crippen LogP contribution in [-0.2, 0) is 6.18 Å². The fourth-order valence-corrected chi connectivity index (χ4v) is 2.99. The van der Waals surface area contributed by atoms with Crippen molar-refractivity contribution >= 4 is 37.8 Å². The number of benzene rings is 1. The maximum Gasteiger partial charge on any atom is 0.417 e. The molecule has 0 aliphatic carbocycles. The van der Waals surface area contributed by atoms with Crippen LogP contribution in [0.4, 0.5) is 13.2 Å². The van der Waals surface area contributed by atoms with Crippen LogP contribution in [0.5, 0.6) is 0 Å². The molecule has 7 heteroatoms. The van der Waals surface area contributed by atoms with Gasteiger partial charge in [-0.1, -0.05) is 31.9 Å². The highest BCUT2D eigenvalue weighted by molar-refractivity contribution is 9.10. The van der Waals surface area contributed by atoms with Gasteiger partial charge >= 0.3 is 6.18 Å². The van der Waals surface area contributed by atoms with Gasteiger partial charge in [0.25, 0.3) is 5.91 Å². The van der Waals surface area contributed by atoms with E-state index < -0.39 is 11.7 Å². The predicted molar refractivity (Wildman–Crippen MR) is 77.0 cm³/mol. The molecule has 1 aromatic carbocycles. The molecule has 0 spiro atoms. The van der Waals surface area contributed by atoms with Crippen LogP contribution >= 0.6 is 31.9 Å². The molecule has 1 amide bonds. The zero-order chi connectivity index (χ0) is 14.9. The molecule has 1 fully saturated rings. The fourth-order valence-electron chi connectivity index (χ4n) is 2.11. The fraction of sp³-hybridized carbons (Fsp3) is 0.462. The lowest BCUT2D eigenvalue weighted by Crippen LogP contribution is -2.38. The first-order valence-electron chi connectivity index (χ1n) is 6.09. The van der Waals surface area contributed by atoms with Crippen molar-refractivity contribution in [1.82, 2.24) is 4.90 Å². The molecule has 0 N–H and O–H groups in total. The van der Waals surface area contributed by atoms with E-state index in [1.165, 1.54) is 12.1 Å². The predicted octanol–water partition coefficient (Wildman–Crippen LogP) is 4.47. The molecule has 0 aromatic heterocycles. The topological polar surface area (TPSA) is 20.3 Å². The highest BCUT2D eigenvalue weighted by atomic mass is 79.9. The SMILES string of the molecule is O=C(c1ccc(Br)c(C(F)(F)F)c1)N1CCC(Br)CC1. The first-order chi connectivity index (χ1) is 9.29. The van der Waals surface area contributed by atoms with E-state index in [4.69, 9.17) is 0 Å². The number of hydrogen-bond donors (Lipinski definition) is 0. The average Bonchev–Trinajstić information content (AvgIpc) is 2.38. The van der Waals surface area contributed by atoms with Gasteiger partial charge in [-0.3, -0.25) is 4.79 Å². The Hall–Kier alpha value is -0.560. The Morgan fingerprint density at radius 3 is 2.40 bits per heavy atom. The summed E-state index contributed by atoms with van der Waals surface area (Å²) in [5, 5.41) is 0. The van der Waals surface area contributed by atoms with Crippen LogP contribution in [0.15, 0.2) is 22.7 Å². The number of carbonyl (C=O) groups is 1. The summed E-state index contributed by atoms with van der Waals surface area (Å²) >= 11 is 6.34. The molecule has 0 saturated carbocycles. The van der Waals surface area contributed by atoms with Gasteiger partial charge in [-0.25, -0.2) is 0 Å². The maximum absolute atomic E-state index is 12.8. The molecule has 0 unspecified atom stereocenters. The second-order valence-electron chi connectivity index (χ2n) is 4.66. The van der Waals surface area contributed by atoms with Crippen molar-refractivity contribution in [2.75, 3.05) is 13.1 Å². The zero-order valence-electron chi connectivity index (χ0n) is 10.4. The molecule has 2 rings (SSSR count). The smallest absolute Gasteiger partial charge is 0.339 e. The van der Waals surface area contributed by atoms with E-state index in [9.17, 15) is 18.0 Å². The molecular formula is C13H12Br2F3NO. The van der Waals surface area contributed by atoms with Crippen molar-refractivity contribution in [3.63, 3.8) is 0 Å². The third kappa shape index (κ3) is 3.55. The minimum absolute atomic E-state index is 0.0549. The Labute approximate surface area is 131 Å². The van der Waals surface area contributed by atoms with Crippen molar-refractivity contribution in [2.24, 2.45) is 0 Å². The van der Waals surface area contributed by atoms with Gasteiger partial charge in [-0.15, -0.1) is 0 Å². The van der Waals surface area contributed by atoms with Gasteiger partial charge in [0.05, 0.1) is 5.56 Å². The summed E-state index contributed by atoms with van der Waals surface area (Å²) in [7, 11) is 0. The molecule has 1 aromatic rings. The highest BCUT2D eigenvalue weighted by Gasteiger charge is 2.34. The molecule has 1 aliphatic rings. The summed E-state index contributed by atoms with van der Waals surface area (Å²) in [6.07, 6.45) is -2.85. The average molecular weight is 415 g/mol. The lowest BCUT2D eigenvalue weighted by molar-refractivity contribution is -0.138. The van der Waals surface area contributed by atoms with Crippen LogP contribution in [0.3, 0.4) is 0 Å². The van der Waals surface area contributed by atoms with Gasteiger partial charge in [0.2, 0.25) is 0 Å². The monoisotopic (exact) mass is 413 g/mol. The van der Waals surface area contributed by atoms with Crippen molar-refractivity contribution in [3.05, 3.63) is 33.8 Å². The van der Waals surface area contributed by atoms with Crippen LogP contribution in [0.1, 0.15) is 28.8 Å². The van der Waals surface area contributed by atoms with Crippen molar-refractivity contribution in [2.45, 2.75) is 23.8 Å². The van der Waals surface area contributed by atoms with Gasteiger partial charge in [-0.05, 0) is 31.0 Å². The van der Waals surface area contributed by atoms with Gasteiger partial charge in [0.15, 0.2) is 0 Å². The third-order valence-electron chi connectivity index (χ3n) is 3.23. The van der Waals surface area contributed by atoms with E-state index in [0.717, 1.165) is 18.9 Å². The van der Waals surface area contributed by atoms with Crippen LogP contribution in [0.2, 0.25) is 0 Å². The lowest BCUT2D eigenvalue weighted by atomic mass is 10.1. The molecule has 1 aliphatic heterocycles. The van der Waals surface area contributed by atoms with Gasteiger partial charge < -0.3 is 4.90 Å². The summed E-state index contributed by atoms with van der Waals surface area (Å²) < 4.78 is 38.4. The number of hydrogen-bond acceptors (Lipinski definition) is 1. The van der Waals surface area contributed by atoms with Crippen molar-refractivity contribution in [3.8, 4) is 0 Å². The number of alkyl halides is 4. The quantitative estimate of drug-likeness (QED) is 0.621. The number of piperidine rings is 1. The van der Waals surface area contributed by atoms with Crippen LogP contribution in [-0.4, -0.2) is 28.7 Å². The number of amides is 1. The van der Waals surface area contributed by atoms with E-state index in [2.05, 4.69) is 31.9 Å². The lowest BCUT2D eigenvalue weighted by Gasteiger charge is -2.29. The van der Waals surface area contributed by atoms with Crippen molar-refractivity contribution in [1.29, 1.82) is 0 Å². The molecular weight excluding hydrogens is 403 g/mol. The first kappa shape index (κ1) is 15.8. The van der Waals surface area contributed by atoms with Gasteiger partial charge in [0, 0.05) is 28.0 Å². The van der Waals surface area contributed by atoms with Crippen molar-refractivity contribution < 1.29 is 18.0 Å². The number of halogens is 5. The van der Waals surface area contributed by atoms with Crippen LogP contribution in [0.25, 0.3) is 0 Å². The Bertz CT molecular complexity index is 511. The second-order valence-corrected chi connectivity index (χ2v) is 6.81. The summed E-state index contributed by atoms with van der Waals surface area (Å²) in [4.78, 5) is 14.2.